The fraction of sp³-hybridized carbons (Fsp3) is 0.0769. The quantitative estimate of drug-likeness (QED) is 0.764. The van der Waals surface area contributed by atoms with Crippen LogP contribution in [0.2, 0.25) is 0 Å². The van der Waals surface area contributed by atoms with Crippen LogP contribution in [0.25, 0.3) is 0 Å². The number of imidazole rings is 1. The highest BCUT2D eigenvalue weighted by Gasteiger charge is 2.09. The van der Waals surface area contributed by atoms with Crippen LogP contribution >= 0.6 is 0 Å². The lowest BCUT2D eigenvalue weighted by Crippen LogP contribution is -2.14. The summed E-state index contributed by atoms with van der Waals surface area (Å²) in [6, 6.07) is 5.90. The molecule has 2 amide bonds. The van der Waals surface area contributed by atoms with Crippen LogP contribution in [-0.4, -0.2) is 21.8 Å². The van der Waals surface area contributed by atoms with Crippen LogP contribution in [0.3, 0.4) is 0 Å². The lowest BCUT2D eigenvalue weighted by molar-refractivity contribution is -0.115. The third-order valence-electron chi connectivity index (χ3n) is 2.46. The van der Waals surface area contributed by atoms with Gasteiger partial charge in [-0.1, -0.05) is 12.1 Å². The largest absolute Gasteiger partial charge is 0.364 e. The molecular formula is C13H12FN4O2. The van der Waals surface area contributed by atoms with Crippen LogP contribution in [0, 0.1) is 12.2 Å². The van der Waals surface area contributed by atoms with Gasteiger partial charge in [0.25, 0.3) is 5.91 Å². The molecule has 1 radical (unpaired) electrons. The van der Waals surface area contributed by atoms with Crippen molar-refractivity contribution in [3.05, 3.63) is 54.0 Å². The first-order valence-corrected chi connectivity index (χ1v) is 5.78. The molecule has 1 heterocycles. The van der Waals surface area contributed by atoms with Gasteiger partial charge in [0.05, 0.1) is 0 Å². The van der Waals surface area contributed by atoms with Crippen molar-refractivity contribution in [3.8, 4) is 0 Å². The second-order valence-corrected chi connectivity index (χ2v) is 4.01. The summed E-state index contributed by atoms with van der Waals surface area (Å²) in [5, 5.41) is 2.46. The molecule has 103 valence electrons. The van der Waals surface area contributed by atoms with Crippen molar-refractivity contribution in [2.24, 2.45) is 5.73 Å². The topological polar surface area (TPSA) is 101 Å². The number of nitrogens with zero attached hydrogens (tertiary/aromatic N) is 1. The number of H-pyrrole nitrogens is 1. The maximum Gasteiger partial charge on any atom is 0.268 e. The number of halogens is 1. The van der Waals surface area contributed by atoms with Crippen molar-refractivity contribution in [3.63, 3.8) is 0 Å². The second-order valence-electron chi connectivity index (χ2n) is 4.01. The van der Waals surface area contributed by atoms with E-state index in [9.17, 15) is 14.0 Å². The summed E-state index contributed by atoms with van der Waals surface area (Å²) in [6.45, 7) is 0. The van der Waals surface area contributed by atoms with E-state index in [0.29, 0.717) is 5.56 Å². The van der Waals surface area contributed by atoms with Gasteiger partial charge >= 0.3 is 0 Å². The molecule has 0 fully saturated rings. The Bertz CT molecular complexity index is 639. The van der Waals surface area contributed by atoms with Gasteiger partial charge < -0.3 is 10.7 Å². The Morgan fingerprint density at radius 2 is 2.25 bits per heavy atom. The number of nitrogens with one attached hydrogen (secondary N) is 2. The Balaban J connectivity index is 1.87. The highest BCUT2D eigenvalue weighted by molar-refractivity contribution is 5.93. The number of benzene rings is 1. The first-order chi connectivity index (χ1) is 9.54. The number of hydrogen-bond donors (Lipinski definition) is 3. The first-order valence-electron chi connectivity index (χ1n) is 5.78. The van der Waals surface area contributed by atoms with Crippen LogP contribution in [-0.2, 0) is 4.79 Å². The maximum absolute atomic E-state index is 12.9. The predicted octanol–water partition coefficient (Wildman–Crippen LogP) is 1.23. The van der Waals surface area contributed by atoms with Crippen LogP contribution in [0.1, 0.15) is 22.5 Å². The summed E-state index contributed by atoms with van der Waals surface area (Å²) >= 11 is 0. The number of hydrogen-bond acceptors (Lipinski definition) is 3. The lowest BCUT2D eigenvalue weighted by atomic mass is 10.1. The van der Waals surface area contributed by atoms with E-state index in [2.05, 4.69) is 15.3 Å². The van der Waals surface area contributed by atoms with E-state index >= 15 is 0 Å². The Morgan fingerprint density at radius 3 is 2.90 bits per heavy atom. The van der Waals surface area contributed by atoms with E-state index in [0.717, 1.165) is 0 Å². The van der Waals surface area contributed by atoms with Gasteiger partial charge in [-0.2, -0.15) is 0 Å². The summed E-state index contributed by atoms with van der Waals surface area (Å²) in [6.07, 6.45) is 2.93. The van der Waals surface area contributed by atoms with Crippen molar-refractivity contribution >= 4 is 17.8 Å². The normalized spacial score (nSPS) is 10.2. The van der Waals surface area contributed by atoms with E-state index in [1.165, 1.54) is 18.3 Å². The van der Waals surface area contributed by atoms with Gasteiger partial charge in [0, 0.05) is 19.0 Å². The molecule has 0 bridgehead atoms. The van der Waals surface area contributed by atoms with Crippen LogP contribution in [0.4, 0.5) is 10.3 Å². The summed E-state index contributed by atoms with van der Waals surface area (Å²) in [4.78, 5) is 28.9. The minimum Gasteiger partial charge on any atom is -0.364 e. The van der Waals surface area contributed by atoms with Crippen molar-refractivity contribution in [2.75, 3.05) is 5.32 Å². The van der Waals surface area contributed by atoms with Gasteiger partial charge in [0.2, 0.25) is 11.9 Å². The minimum absolute atomic E-state index is 0.0365. The molecule has 0 aliphatic heterocycles. The van der Waals surface area contributed by atoms with Crippen molar-refractivity contribution < 1.29 is 14.0 Å². The second kappa shape index (κ2) is 5.96. The van der Waals surface area contributed by atoms with Gasteiger partial charge in [-0.05, 0) is 17.7 Å². The Hall–Kier alpha value is -2.70. The highest BCUT2D eigenvalue weighted by Crippen LogP contribution is 2.09. The minimum atomic E-state index is -0.687. The monoisotopic (exact) mass is 275 g/mol. The molecule has 0 atom stereocenters. The number of aromatic nitrogens is 2. The molecule has 0 saturated heterocycles. The van der Waals surface area contributed by atoms with Crippen molar-refractivity contribution in [1.29, 1.82) is 0 Å². The smallest absolute Gasteiger partial charge is 0.268 e. The Labute approximate surface area is 114 Å². The lowest BCUT2D eigenvalue weighted by Gasteiger charge is -2.02. The number of rotatable bonds is 5. The summed E-state index contributed by atoms with van der Waals surface area (Å²) in [5.74, 6) is -1.26. The number of aromatic amines is 1. The zero-order valence-corrected chi connectivity index (χ0v) is 10.4. The number of carbonyl (C=O) groups is 2. The third-order valence-corrected chi connectivity index (χ3v) is 2.46. The van der Waals surface area contributed by atoms with Gasteiger partial charge in [-0.25, -0.2) is 9.37 Å². The molecule has 0 aliphatic carbocycles. The SMILES string of the molecule is NC(=O)c1c[nH]c(NC(=O)C[CH]c2cccc(F)c2)n1. The number of amides is 2. The standard InChI is InChI=1S/C13H12FN4O2/c14-9-3-1-2-8(6-9)4-5-11(19)18-13-16-7-10(17-13)12(15)20/h1-4,6-7H,5H2,(H2,15,20)(H2,16,17,18,19). The Kier molecular flexibility index (Phi) is 4.09. The number of nitrogens with two attached hydrogens (primary N) is 1. The van der Waals surface area contributed by atoms with E-state index in [1.807, 2.05) is 0 Å². The van der Waals surface area contributed by atoms with Crippen LogP contribution in [0.5, 0.6) is 0 Å². The molecule has 0 saturated carbocycles. The molecule has 0 spiro atoms. The third kappa shape index (κ3) is 3.64. The van der Waals surface area contributed by atoms with Crippen molar-refractivity contribution in [1.82, 2.24) is 9.97 Å². The van der Waals surface area contributed by atoms with E-state index in [1.54, 1.807) is 18.6 Å². The number of carbonyl (C=O) groups excluding carboxylic acids is 2. The molecule has 2 aromatic rings. The van der Waals surface area contributed by atoms with Gasteiger partial charge in [-0.3, -0.25) is 14.9 Å². The molecule has 2 rings (SSSR count). The summed E-state index contributed by atoms with van der Waals surface area (Å²) in [7, 11) is 0. The van der Waals surface area contributed by atoms with Crippen LogP contribution < -0.4 is 11.1 Å². The maximum atomic E-state index is 12.9. The van der Waals surface area contributed by atoms with Gasteiger partial charge in [0.15, 0.2) is 0 Å². The Morgan fingerprint density at radius 1 is 1.45 bits per heavy atom. The predicted molar refractivity (Wildman–Crippen MR) is 70.2 cm³/mol. The van der Waals surface area contributed by atoms with Gasteiger partial charge in [-0.15, -0.1) is 0 Å². The van der Waals surface area contributed by atoms with E-state index in [-0.39, 0.29) is 29.8 Å². The molecule has 0 unspecified atom stereocenters. The molecule has 1 aromatic carbocycles. The molecule has 6 nitrogen and oxygen atoms in total. The molecule has 7 heteroatoms. The zero-order valence-electron chi connectivity index (χ0n) is 10.4. The highest BCUT2D eigenvalue weighted by atomic mass is 19.1. The van der Waals surface area contributed by atoms with Gasteiger partial charge in [0.1, 0.15) is 11.5 Å². The number of anilines is 1. The molecular weight excluding hydrogens is 263 g/mol. The van der Waals surface area contributed by atoms with E-state index < -0.39 is 5.91 Å². The molecule has 1 aromatic heterocycles. The fourth-order valence-electron chi connectivity index (χ4n) is 1.54. The summed E-state index contributed by atoms with van der Waals surface area (Å²) in [5.41, 5.74) is 5.68. The number of primary amides is 1. The molecule has 0 aliphatic rings. The van der Waals surface area contributed by atoms with E-state index in [4.69, 9.17) is 5.73 Å². The summed E-state index contributed by atoms with van der Waals surface area (Å²) < 4.78 is 12.9. The fourth-order valence-corrected chi connectivity index (χ4v) is 1.54. The average molecular weight is 275 g/mol. The zero-order chi connectivity index (χ0) is 14.5. The van der Waals surface area contributed by atoms with Crippen LogP contribution in [0.15, 0.2) is 30.5 Å². The van der Waals surface area contributed by atoms with Crippen molar-refractivity contribution in [2.45, 2.75) is 6.42 Å². The molecule has 4 N–H and O–H groups in total. The first kappa shape index (κ1) is 13.7. The molecule has 20 heavy (non-hydrogen) atoms. The average Bonchev–Trinajstić information content (AvgIpc) is 2.85.